The molecule has 1 saturated carbocycles. The van der Waals surface area contributed by atoms with Crippen LogP contribution in [0.4, 0.5) is 4.79 Å². The summed E-state index contributed by atoms with van der Waals surface area (Å²) in [6.07, 6.45) is 3.27. The maximum absolute atomic E-state index is 12.7. The second kappa shape index (κ2) is 6.53. The first kappa shape index (κ1) is 18.6. The fourth-order valence-corrected chi connectivity index (χ4v) is 4.10. The molecule has 9 heteroatoms. The summed E-state index contributed by atoms with van der Waals surface area (Å²) in [5.74, 6) is -1.05. The van der Waals surface area contributed by atoms with Gasteiger partial charge in [0.25, 0.3) is 5.91 Å². The molecule has 1 aromatic heterocycles. The van der Waals surface area contributed by atoms with E-state index in [-0.39, 0.29) is 24.5 Å². The van der Waals surface area contributed by atoms with Gasteiger partial charge < -0.3 is 9.88 Å². The van der Waals surface area contributed by atoms with Crippen LogP contribution >= 0.6 is 0 Å². The quantitative estimate of drug-likeness (QED) is 0.560. The van der Waals surface area contributed by atoms with Crippen molar-refractivity contribution in [1.29, 1.82) is 0 Å². The number of ketones is 1. The lowest BCUT2D eigenvalue weighted by Crippen LogP contribution is -2.36. The molecule has 0 radical (unpaired) electrons. The molecular formula is C17H23N3O5S. The molecule has 1 aromatic rings. The molecule has 8 nitrogen and oxygen atoms in total. The van der Waals surface area contributed by atoms with Crippen molar-refractivity contribution in [3.8, 4) is 0 Å². The van der Waals surface area contributed by atoms with E-state index < -0.39 is 27.8 Å². The van der Waals surface area contributed by atoms with Crippen LogP contribution in [0.25, 0.3) is 0 Å². The summed E-state index contributed by atoms with van der Waals surface area (Å²) in [5.41, 5.74) is 2.38. The highest BCUT2D eigenvalue weighted by molar-refractivity contribution is 7.90. The minimum atomic E-state index is -3.24. The Kier molecular flexibility index (Phi) is 4.68. The molecular weight excluding hydrogens is 358 g/mol. The minimum Gasteiger partial charge on any atom is -0.345 e. The second-order valence-electron chi connectivity index (χ2n) is 7.15. The van der Waals surface area contributed by atoms with E-state index in [1.807, 2.05) is 13.8 Å². The molecule has 0 bridgehead atoms. The Bertz CT molecular complexity index is 882. The molecule has 1 unspecified atom stereocenters. The largest absolute Gasteiger partial charge is 0.345 e. The van der Waals surface area contributed by atoms with Crippen molar-refractivity contribution in [3.05, 3.63) is 23.0 Å². The number of nitrogens with one attached hydrogen (secondary N) is 1. The number of hydrogen-bond donors (Lipinski definition) is 1. The predicted octanol–water partition coefficient (Wildman–Crippen LogP) is 0.978. The first-order chi connectivity index (χ1) is 12.1. The average Bonchev–Trinajstić information content (AvgIpc) is 3.27. The van der Waals surface area contributed by atoms with Crippen LogP contribution in [0.3, 0.4) is 0 Å². The zero-order chi connectivity index (χ0) is 19.2. The molecule has 3 amide bonds. The molecule has 2 aliphatic rings. The van der Waals surface area contributed by atoms with Crippen LogP contribution < -0.4 is 5.32 Å². The van der Waals surface area contributed by atoms with Crippen LogP contribution in [-0.2, 0) is 14.6 Å². The first-order valence-electron chi connectivity index (χ1n) is 8.59. The Morgan fingerprint density at radius 3 is 2.50 bits per heavy atom. The van der Waals surface area contributed by atoms with Gasteiger partial charge in [-0.15, -0.1) is 0 Å². The number of carbonyl (C=O) groups excluding carboxylic acids is 3. The van der Waals surface area contributed by atoms with Crippen molar-refractivity contribution in [3.63, 3.8) is 0 Å². The summed E-state index contributed by atoms with van der Waals surface area (Å²) in [6.45, 7) is 3.48. The number of Topliss-reactive ketones (excluding diaryl/α,β-unsaturated/α-hetero) is 1. The molecule has 2 heterocycles. The number of aryl methyl sites for hydroxylation is 1. The van der Waals surface area contributed by atoms with E-state index in [9.17, 15) is 22.8 Å². The number of rotatable bonds is 7. The summed E-state index contributed by atoms with van der Waals surface area (Å²) >= 11 is 0. The van der Waals surface area contributed by atoms with E-state index in [2.05, 4.69) is 9.88 Å². The highest BCUT2D eigenvalue weighted by Gasteiger charge is 2.39. The van der Waals surface area contributed by atoms with E-state index in [1.54, 1.807) is 6.07 Å². The summed E-state index contributed by atoms with van der Waals surface area (Å²) in [5, 5.41) is 2.46. The second-order valence-corrected chi connectivity index (χ2v) is 9.41. The third kappa shape index (κ3) is 3.67. The highest BCUT2D eigenvalue weighted by Crippen LogP contribution is 2.38. The predicted molar refractivity (Wildman–Crippen MR) is 94.9 cm³/mol. The Morgan fingerprint density at radius 1 is 1.27 bits per heavy atom. The van der Waals surface area contributed by atoms with Gasteiger partial charge in [0.2, 0.25) is 0 Å². The van der Waals surface area contributed by atoms with Crippen molar-refractivity contribution >= 4 is 27.6 Å². The zero-order valence-corrected chi connectivity index (χ0v) is 15.9. The molecule has 1 atom stereocenters. The smallest absolute Gasteiger partial charge is 0.325 e. The summed E-state index contributed by atoms with van der Waals surface area (Å²) in [7, 11) is -3.24. The molecule has 0 aromatic carbocycles. The first-order valence-corrected chi connectivity index (χ1v) is 10.7. The lowest BCUT2D eigenvalue weighted by atomic mass is 10.1. The number of nitrogens with zero attached hydrogens (tertiary/aromatic N) is 2. The van der Waals surface area contributed by atoms with Crippen LogP contribution in [0, 0.1) is 13.8 Å². The zero-order valence-electron chi connectivity index (χ0n) is 15.1. The Balaban J connectivity index is 1.70. The van der Waals surface area contributed by atoms with E-state index in [1.165, 1.54) is 0 Å². The van der Waals surface area contributed by atoms with E-state index in [0.29, 0.717) is 11.6 Å². The average molecular weight is 381 g/mol. The number of amides is 3. The topological polar surface area (TPSA) is 106 Å². The number of imide groups is 1. The fraction of sp³-hybridized carbons (Fsp3) is 0.588. The molecule has 1 aliphatic carbocycles. The Labute approximate surface area is 152 Å². The van der Waals surface area contributed by atoms with Crippen LogP contribution in [0.2, 0.25) is 0 Å². The maximum atomic E-state index is 12.7. The third-order valence-corrected chi connectivity index (χ3v) is 5.86. The Hall–Kier alpha value is -2.16. The van der Waals surface area contributed by atoms with E-state index in [4.69, 9.17) is 0 Å². The van der Waals surface area contributed by atoms with Gasteiger partial charge in [0.1, 0.15) is 15.9 Å². The number of aromatic nitrogens is 1. The molecule has 0 spiro atoms. The van der Waals surface area contributed by atoms with Crippen molar-refractivity contribution < 1.29 is 22.8 Å². The van der Waals surface area contributed by atoms with Gasteiger partial charge in [0.05, 0.1) is 12.3 Å². The fourth-order valence-electron chi connectivity index (χ4n) is 3.44. The number of carbonyl (C=O) groups is 3. The normalized spacial score (nSPS) is 20.6. The molecule has 2 fully saturated rings. The van der Waals surface area contributed by atoms with Crippen molar-refractivity contribution in [2.24, 2.45) is 0 Å². The van der Waals surface area contributed by atoms with Crippen molar-refractivity contribution in [2.45, 2.75) is 45.2 Å². The lowest BCUT2D eigenvalue weighted by Gasteiger charge is -2.12. The third-order valence-electron chi connectivity index (χ3n) is 4.88. The van der Waals surface area contributed by atoms with Crippen molar-refractivity contribution in [2.75, 3.05) is 18.6 Å². The van der Waals surface area contributed by atoms with Crippen LogP contribution in [0.15, 0.2) is 6.07 Å². The van der Waals surface area contributed by atoms with Gasteiger partial charge in [-0.05, 0) is 39.2 Å². The van der Waals surface area contributed by atoms with Crippen molar-refractivity contribution in [1.82, 2.24) is 14.8 Å². The van der Waals surface area contributed by atoms with Gasteiger partial charge in [-0.25, -0.2) is 13.2 Å². The standard InChI is InChI=1S/C17H23N3O5S/c1-10-8-13(11(2)20(10)12-4-5-12)15(21)9-19-16(22)14(18-17(19)23)6-7-26(3,24)25/h8,12,14H,4-7,9H2,1-3H3,(H,18,23). The minimum absolute atomic E-state index is 0.00426. The molecule has 142 valence electrons. The summed E-state index contributed by atoms with van der Waals surface area (Å²) in [6, 6.07) is 0.686. The van der Waals surface area contributed by atoms with Gasteiger partial charge in [-0.1, -0.05) is 0 Å². The van der Waals surface area contributed by atoms with E-state index in [0.717, 1.165) is 35.4 Å². The molecule has 1 saturated heterocycles. The lowest BCUT2D eigenvalue weighted by molar-refractivity contribution is -0.127. The van der Waals surface area contributed by atoms with Gasteiger partial charge in [-0.3, -0.25) is 14.5 Å². The SMILES string of the molecule is Cc1cc(C(=O)CN2C(=O)NC(CCS(C)(=O)=O)C2=O)c(C)n1C1CC1. The van der Waals surface area contributed by atoms with Crippen LogP contribution in [0.1, 0.15) is 47.1 Å². The number of hydrogen-bond acceptors (Lipinski definition) is 5. The number of urea groups is 1. The molecule has 1 aliphatic heterocycles. The molecule has 1 N–H and O–H groups in total. The maximum Gasteiger partial charge on any atom is 0.325 e. The van der Waals surface area contributed by atoms with Gasteiger partial charge in [-0.2, -0.15) is 0 Å². The van der Waals surface area contributed by atoms with E-state index >= 15 is 0 Å². The summed E-state index contributed by atoms with van der Waals surface area (Å²) in [4.78, 5) is 37.9. The summed E-state index contributed by atoms with van der Waals surface area (Å²) < 4.78 is 24.6. The van der Waals surface area contributed by atoms with Gasteiger partial charge in [0.15, 0.2) is 5.78 Å². The molecule has 3 rings (SSSR count). The van der Waals surface area contributed by atoms with Crippen LogP contribution in [-0.4, -0.2) is 60.2 Å². The van der Waals surface area contributed by atoms with Gasteiger partial charge in [0, 0.05) is 29.2 Å². The molecule has 26 heavy (non-hydrogen) atoms. The monoisotopic (exact) mass is 381 g/mol. The Morgan fingerprint density at radius 2 is 1.92 bits per heavy atom. The highest BCUT2D eigenvalue weighted by atomic mass is 32.2. The number of sulfone groups is 1. The van der Waals surface area contributed by atoms with Crippen LogP contribution in [0.5, 0.6) is 0 Å². The van der Waals surface area contributed by atoms with Gasteiger partial charge >= 0.3 is 6.03 Å².